The smallest absolute Gasteiger partial charge is 0.225 e. The molecule has 2 atom stereocenters. The van der Waals surface area contributed by atoms with Crippen LogP contribution in [-0.4, -0.2) is 45.7 Å². The van der Waals surface area contributed by atoms with Gasteiger partial charge in [0.05, 0.1) is 10.6 Å². The highest BCUT2D eigenvalue weighted by Gasteiger charge is 2.25. The first-order chi connectivity index (χ1) is 14.4. The Morgan fingerprint density at radius 1 is 1.17 bits per heavy atom. The molecule has 0 saturated heterocycles. The van der Waals surface area contributed by atoms with Gasteiger partial charge in [-0.1, -0.05) is 43.3 Å². The van der Waals surface area contributed by atoms with Crippen LogP contribution in [-0.2, 0) is 14.6 Å². The molecule has 1 amide bonds. The monoisotopic (exact) mass is 428 g/mol. The van der Waals surface area contributed by atoms with E-state index in [2.05, 4.69) is 20.9 Å². The lowest BCUT2D eigenvalue weighted by Gasteiger charge is -2.27. The Bertz CT molecular complexity index is 1010. The summed E-state index contributed by atoms with van der Waals surface area (Å²) in [6.07, 6.45) is 1.02. The molecule has 2 unspecified atom stereocenters. The van der Waals surface area contributed by atoms with E-state index >= 15 is 0 Å². The lowest BCUT2D eigenvalue weighted by atomic mass is 9.90. The van der Waals surface area contributed by atoms with Gasteiger partial charge in [-0.15, -0.1) is 0 Å². The zero-order chi connectivity index (χ0) is 21.6. The van der Waals surface area contributed by atoms with Gasteiger partial charge in [-0.05, 0) is 30.2 Å². The number of aliphatic imine (C=N–C) groups is 1. The van der Waals surface area contributed by atoms with E-state index in [1.165, 1.54) is 0 Å². The number of anilines is 1. The summed E-state index contributed by atoms with van der Waals surface area (Å²) in [5.74, 6) is 0.502. The first-order valence-electron chi connectivity index (χ1n) is 10.1. The summed E-state index contributed by atoms with van der Waals surface area (Å²) in [7, 11) is -1.76. The van der Waals surface area contributed by atoms with Crippen molar-refractivity contribution in [1.29, 1.82) is 0 Å². The van der Waals surface area contributed by atoms with Crippen LogP contribution in [0.3, 0.4) is 0 Å². The second-order valence-electron chi connectivity index (χ2n) is 7.33. The first kappa shape index (κ1) is 21.8. The Morgan fingerprint density at radius 3 is 2.57 bits per heavy atom. The molecule has 0 saturated carbocycles. The number of benzene rings is 2. The second-order valence-corrected chi connectivity index (χ2v) is 9.37. The fraction of sp³-hybridized carbons (Fsp3) is 0.364. The molecule has 0 fully saturated rings. The average Bonchev–Trinajstić information content (AvgIpc) is 2.76. The minimum atomic E-state index is -3.41. The van der Waals surface area contributed by atoms with Crippen LogP contribution in [0.25, 0.3) is 0 Å². The van der Waals surface area contributed by atoms with Gasteiger partial charge in [0.1, 0.15) is 0 Å². The van der Waals surface area contributed by atoms with E-state index in [9.17, 15) is 13.2 Å². The molecule has 8 heteroatoms. The molecular weight excluding hydrogens is 400 g/mol. The van der Waals surface area contributed by atoms with Crippen molar-refractivity contribution in [2.24, 2.45) is 4.99 Å². The number of rotatable bonds is 7. The van der Waals surface area contributed by atoms with Gasteiger partial charge >= 0.3 is 0 Å². The van der Waals surface area contributed by atoms with Crippen LogP contribution in [0.2, 0.25) is 0 Å². The van der Waals surface area contributed by atoms with Crippen molar-refractivity contribution in [1.82, 2.24) is 10.6 Å². The molecule has 160 valence electrons. The number of hydrogen-bond acceptors (Lipinski definition) is 4. The van der Waals surface area contributed by atoms with Crippen LogP contribution in [0.4, 0.5) is 5.69 Å². The summed E-state index contributed by atoms with van der Waals surface area (Å²) >= 11 is 0. The third-order valence-corrected chi connectivity index (χ3v) is 7.03. The minimum absolute atomic E-state index is 0.0103. The third-order valence-electron chi connectivity index (χ3n) is 5.20. The summed E-state index contributed by atoms with van der Waals surface area (Å²) in [4.78, 5) is 16.6. The van der Waals surface area contributed by atoms with Crippen LogP contribution in [0.1, 0.15) is 31.2 Å². The van der Waals surface area contributed by atoms with Gasteiger partial charge in [0, 0.05) is 37.7 Å². The molecule has 1 aliphatic rings. The van der Waals surface area contributed by atoms with Crippen LogP contribution >= 0.6 is 0 Å². The zero-order valence-electron chi connectivity index (χ0n) is 17.3. The number of guanidine groups is 1. The van der Waals surface area contributed by atoms with E-state index < -0.39 is 9.84 Å². The van der Waals surface area contributed by atoms with Crippen molar-refractivity contribution >= 4 is 27.4 Å². The van der Waals surface area contributed by atoms with E-state index in [4.69, 9.17) is 0 Å². The van der Waals surface area contributed by atoms with Crippen molar-refractivity contribution in [3.8, 4) is 0 Å². The number of amides is 1. The summed E-state index contributed by atoms with van der Waals surface area (Å²) < 4.78 is 25.4. The third kappa shape index (κ3) is 5.38. The highest BCUT2D eigenvalue weighted by Crippen LogP contribution is 2.31. The van der Waals surface area contributed by atoms with Crippen LogP contribution < -0.4 is 16.0 Å². The molecule has 0 aliphatic carbocycles. The predicted octanol–water partition coefficient (Wildman–Crippen LogP) is 2.53. The van der Waals surface area contributed by atoms with E-state index in [0.29, 0.717) is 30.2 Å². The summed E-state index contributed by atoms with van der Waals surface area (Å²) in [5.41, 5.74) is 1.92. The average molecular weight is 429 g/mol. The number of nitrogens with one attached hydrogen (secondary N) is 3. The highest BCUT2D eigenvalue weighted by atomic mass is 32.2. The standard InChI is InChI=1S/C22H28N4O3S/c1-3-17(15-30(28,29)18-9-5-4-6-10-18)25-22(23-2)24-14-16-13-21(27)26-20-12-8-7-11-19(16)20/h4-12,16-17H,3,13-15H2,1-2H3,(H,26,27)(H2,23,24,25). The zero-order valence-corrected chi connectivity index (χ0v) is 18.1. The number of carbonyl (C=O) groups excluding carboxylic acids is 1. The van der Waals surface area contributed by atoms with Gasteiger partial charge in [-0.25, -0.2) is 8.42 Å². The number of nitrogens with zero attached hydrogens (tertiary/aromatic N) is 1. The van der Waals surface area contributed by atoms with E-state index in [1.54, 1.807) is 37.4 Å². The lowest BCUT2D eigenvalue weighted by molar-refractivity contribution is -0.116. The van der Waals surface area contributed by atoms with Crippen molar-refractivity contribution in [2.45, 2.75) is 36.6 Å². The summed E-state index contributed by atoms with van der Waals surface area (Å²) in [5, 5.41) is 9.36. The Morgan fingerprint density at radius 2 is 1.87 bits per heavy atom. The maximum absolute atomic E-state index is 12.7. The summed E-state index contributed by atoms with van der Waals surface area (Å²) in [6, 6.07) is 15.9. The quantitative estimate of drug-likeness (QED) is 0.465. The largest absolute Gasteiger partial charge is 0.356 e. The molecule has 1 heterocycles. The van der Waals surface area contributed by atoms with Gasteiger partial charge in [0.25, 0.3) is 0 Å². The van der Waals surface area contributed by atoms with Gasteiger partial charge in [0.2, 0.25) is 5.91 Å². The predicted molar refractivity (Wildman–Crippen MR) is 120 cm³/mol. The van der Waals surface area contributed by atoms with Gasteiger partial charge < -0.3 is 16.0 Å². The van der Waals surface area contributed by atoms with Crippen LogP contribution in [0.5, 0.6) is 0 Å². The maximum Gasteiger partial charge on any atom is 0.225 e. The van der Waals surface area contributed by atoms with E-state index in [1.807, 2.05) is 31.2 Å². The first-order valence-corrected chi connectivity index (χ1v) is 11.7. The van der Waals surface area contributed by atoms with Crippen molar-refractivity contribution in [3.05, 3.63) is 60.2 Å². The molecule has 0 bridgehead atoms. The Labute approximate surface area is 177 Å². The summed E-state index contributed by atoms with van der Waals surface area (Å²) in [6.45, 7) is 2.46. The van der Waals surface area contributed by atoms with Gasteiger partial charge in [-0.2, -0.15) is 0 Å². The molecule has 0 radical (unpaired) electrons. The van der Waals surface area contributed by atoms with Crippen molar-refractivity contribution in [2.75, 3.05) is 24.7 Å². The molecule has 3 N–H and O–H groups in total. The molecule has 2 aromatic rings. The molecule has 0 spiro atoms. The fourth-order valence-corrected chi connectivity index (χ4v) is 5.16. The maximum atomic E-state index is 12.7. The normalized spacial score (nSPS) is 17.6. The topological polar surface area (TPSA) is 99.7 Å². The number of carbonyl (C=O) groups is 1. The molecular formula is C22H28N4O3S. The van der Waals surface area contributed by atoms with Crippen LogP contribution in [0, 0.1) is 0 Å². The number of sulfone groups is 1. The van der Waals surface area contributed by atoms with Crippen molar-refractivity contribution < 1.29 is 13.2 Å². The molecule has 0 aromatic heterocycles. The number of fused-ring (bicyclic) bond motifs is 1. The molecule has 2 aromatic carbocycles. The molecule has 3 rings (SSSR count). The fourth-order valence-electron chi connectivity index (χ4n) is 3.54. The van der Waals surface area contributed by atoms with Gasteiger partial charge in [-0.3, -0.25) is 9.79 Å². The molecule has 1 aliphatic heterocycles. The molecule has 30 heavy (non-hydrogen) atoms. The van der Waals surface area contributed by atoms with Crippen LogP contribution in [0.15, 0.2) is 64.5 Å². The lowest BCUT2D eigenvalue weighted by Crippen LogP contribution is -2.47. The van der Waals surface area contributed by atoms with E-state index in [0.717, 1.165) is 11.3 Å². The second kappa shape index (κ2) is 9.75. The van der Waals surface area contributed by atoms with Crippen molar-refractivity contribution in [3.63, 3.8) is 0 Å². The minimum Gasteiger partial charge on any atom is -0.356 e. The Hall–Kier alpha value is -2.87. The SMILES string of the molecule is CCC(CS(=O)(=O)c1ccccc1)NC(=NC)NCC1CC(=O)Nc2ccccc21. The number of hydrogen-bond donors (Lipinski definition) is 3. The number of para-hydroxylation sites is 1. The molecule has 7 nitrogen and oxygen atoms in total. The van der Waals surface area contributed by atoms with E-state index in [-0.39, 0.29) is 23.6 Å². The van der Waals surface area contributed by atoms with Gasteiger partial charge in [0.15, 0.2) is 15.8 Å². The Balaban J connectivity index is 1.63. The highest BCUT2D eigenvalue weighted by molar-refractivity contribution is 7.91. The Kier molecular flexibility index (Phi) is 7.10.